The number of thiazole rings is 1. The smallest absolute Gasteiger partial charge is 0.185 e. The highest BCUT2D eigenvalue weighted by atomic mass is 32.1. The summed E-state index contributed by atoms with van der Waals surface area (Å²) in [6.45, 7) is 8.23. The number of nitrogens with one attached hydrogen (secondary N) is 1. The average Bonchev–Trinajstić information content (AvgIpc) is 3.10. The van der Waals surface area contributed by atoms with Crippen molar-refractivity contribution >= 4 is 16.5 Å². The SMILES string of the molecule is CN(C)c1ncc(CN2CCC(N3CCNCC3)C2)s1. The van der Waals surface area contributed by atoms with Crippen LogP contribution in [0.25, 0.3) is 0 Å². The van der Waals surface area contributed by atoms with E-state index in [4.69, 9.17) is 0 Å². The second-order valence-electron chi connectivity index (χ2n) is 5.97. The fourth-order valence-electron chi connectivity index (χ4n) is 3.10. The summed E-state index contributed by atoms with van der Waals surface area (Å²) in [4.78, 5) is 13.2. The van der Waals surface area contributed by atoms with Crippen LogP contribution in [0.3, 0.4) is 0 Å². The maximum Gasteiger partial charge on any atom is 0.185 e. The van der Waals surface area contributed by atoms with Gasteiger partial charge in [-0.1, -0.05) is 0 Å². The van der Waals surface area contributed by atoms with Crippen molar-refractivity contribution in [3.8, 4) is 0 Å². The van der Waals surface area contributed by atoms with Crippen molar-refractivity contribution in [1.82, 2.24) is 20.1 Å². The van der Waals surface area contributed by atoms with Gasteiger partial charge in [-0.05, 0) is 6.42 Å². The summed E-state index contributed by atoms with van der Waals surface area (Å²) >= 11 is 1.81. The van der Waals surface area contributed by atoms with E-state index in [9.17, 15) is 0 Å². The minimum absolute atomic E-state index is 0.762. The Morgan fingerprint density at radius 3 is 2.85 bits per heavy atom. The predicted molar refractivity (Wildman–Crippen MR) is 84.6 cm³/mol. The number of nitrogens with zero attached hydrogens (tertiary/aromatic N) is 4. The molecule has 1 unspecified atom stereocenters. The largest absolute Gasteiger partial charge is 0.354 e. The number of aromatic nitrogens is 1. The van der Waals surface area contributed by atoms with Crippen molar-refractivity contribution < 1.29 is 0 Å². The van der Waals surface area contributed by atoms with Gasteiger partial charge in [0.2, 0.25) is 0 Å². The highest BCUT2D eigenvalue weighted by molar-refractivity contribution is 7.15. The second kappa shape index (κ2) is 6.39. The van der Waals surface area contributed by atoms with Crippen molar-refractivity contribution in [3.05, 3.63) is 11.1 Å². The molecule has 112 valence electrons. The first-order valence-corrected chi connectivity index (χ1v) is 8.33. The molecular weight excluding hydrogens is 270 g/mol. The first-order valence-electron chi connectivity index (χ1n) is 7.51. The average molecular weight is 295 g/mol. The third kappa shape index (κ3) is 3.31. The van der Waals surface area contributed by atoms with Gasteiger partial charge in [0.25, 0.3) is 0 Å². The van der Waals surface area contributed by atoms with Crippen molar-refractivity contribution in [1.29, 1.82) is 0 Å². The van der Waals surface area contributed by atoms with Gasteiger partial charge >= 0.3 is 0 Å². The van der Waals surface area contributed by atoms with E-state index in [1.165, 1.54) is 37.5 Å². The molecule has 3 heterocycles. The van der Waals surface area contributed by atoms with Crippen LogP contribution in [0, 0.1) is 0 Å². The maximum absolute atomic E-state index is 4.47. The van der Waals surface area contributed by atoms with E-state index in [0.717, 1.165) is 30.8 Å². The van der Waals surface area contributed by atoms with Gasteiger partial charge in [-0.3, -0.25) is 9.80 Å². The zero-order chi connectivity index (χ0) is 13.9. The standard InChI is InChI=1S/C14H25N5S/c1-17(2)14-16-9-13(20-14)11-18-6-3-12(10-18)19-7-4-15-5-8-19/h9,12,15H,3-8,10-11H2,1-2H3. The first kappa shape index (κ1) is 14.3. The van der Waals surface area contributed by atoms with Gasteiger partial charge in [-0.2, -0.15) is 0 Å². The van der Waals surface area contributed by atoms with E-state index in [1.54, 1.807) is 0 Å². The zero-order valence-corrected chi connectivity index (χ0v) is 13.3. The minimum Gasteiger partial charge on any atom is -0.354 e. The minimum atomic E-state index is 0.762. The summed E-state index contributed by atoms with van der Waals surface area (Å²) in [5.41, 5.74) is 0. The molecule has 2 aliphatic rings. The van der Waals surface area contributed by atoms with Crippen molar-refractivity contribution in [2.45, 2.75) is 19.0 Å². The van der Waals surface area contributed by atoms with Gasteiger partial charge in [-0.15, -0.1) is 11.3 Å². The van der Waals surface area contributed by atoms with Crippen LogP contribution in [0.1, 0.15) is 11.3 Å². The molecule has 1 N–H and O–H groups in total. The molecule has 1 aromatic rings. The Kier molecular flexibility index (Phi) is 4.55. The molecule has 3 rings (SSSR count). The van der Waals surface area contributed by atoms with Gasteiger partial charge in [0.05, 0.1) is 0 Å². The Balaban J connectivity index is 1.51. The molecule has 2 aliphatic heterocycles. The Morgan fingerprint density at radius 1 is 1.35 bits per heavy atom. The van der Waals surface area contributed by atoms with E-state index < -0.39 is 0 Å². The molecule has 0 radical (unpaired) electrons. The highest BCUT2D eigenvalue weighted by Gasteiger charge is 2.28. The summed E-state index contributed by atoms with van der Waals surface area (Å²) < 4.78 is 0. The second-order valence-corrected chi connectivity index (χ2v) is 7.06. The predicted octanol–water partition coefficient (Wildman–Crippen LogP) is 0.689. The lowest BCUT2D eigenvalue weighted by atomic mass is 10.2. The molecule has 0 bridgehead atoms. The van der Waals surface area contributed by atoms with Crippen LogP contribution in [0.4, 0.5) is 5.13 Å². The van der Waals surface area contributed by atoms with E-state index in [0.29, 0.717) is 0 Å². The molecule has 1 aromatic heterocycles. The fourth-order valence-corrected chi connectivity index (χ4v) is 3.97. The van der Waals surface area contributed by atoms with E-state index >= 15 is 0 Å². The molecule has 1 atom stereocenters. The molecule has 0 aromatic carbocycles. The molecule has 0 saturated carbocycles. The van der Waals surface area contributed by atoms with Crippen LogP contribution < -0.4 is 10.2 Å². The molecule has 6 heteroatoms. The van der Waals surface area contributed by atoms with Crippen LogP contribution in [-0.4, -0.2) is 74.2 Å². The summed E-state index contributed by atoms with van der Waals surface area (Å²) in [5.74, 6) is 0. The molecule has 0 aliphatic carbocycles. The monoisotopic (exact) mass is 295 g/mol. The molecule has 0 amide bonds. The van der Waals surface area contributed by atoms with Gasteiger partial charge in [0, 0.05) is 77.0 Å². The lowest BCUT2D eigenvalue weighted by Gasteiger charge is -2.32. The van der Waals surface area contributed by atoms with Gasteiger partial charge in [0.1, 0.15) is 0 Å². The first-order chi connectivity index (χ1) is 9.72. The molecule has 0 spiro atoms. The van der Waals surface area contributed by atoms with Crippen LogP contribution >= 0.6 is 11.3 Å². The van der Waals surface area contributed by atoms with Gasteiger partial charge in [0.15, 0.2) is 5.13 Å². The van der Waals surface area contributed by atoms with Crippen LogP contribution in [0.5, 0.6) is 0 Å². The van der Waals surface area contributed by atoms with Crippen LogP contribution in [-0.2, 0) is 6.54 Å². The van der Waals surface area contributed by atoms with Crippen LogP contribution in [0.15, 0.2) is 6.20 Å². The van der Waals surface area contributed by atoms with Crippen LogP contribution in [0.2, 0.25) is 0 Å². The molecule has 2 fully saturated rings. The van der Waals surface area contributed by atoms with Gasteiger partial charge in [-0.25, -0.2) is 4.98 Å². The summed E-state index contributed by atoms with van der Waals surface area (Å²) in [7, 11) is 4.11. The number of hydrogen-bond acceptors (Lipinski definition) is 6. The Hall–Kier alpha value is -0.690. The third-order valence-corrected chi connectivity index (χ3v) is 5.37. The number of hydrogen-bond donors (Lipinski definition) is 1. The lowest BCUT2D eigenvalue weighted by Crippen LogP contribution is -2.49. The number of piperazine rings is 1. The number of rotatable bonds is 4. The summed E-state index contributed by atoms with van der Waals surface area (Å²) in [5, 5.41) is 4.55. The molecule has 5 nitrogen and oxygen atoms in total. The highest BCUT2D eigenvalue weighted by Crippen LogP contribution is 2.24. The maximum atomic E-state index is 4.47. The Bertz CT molecular complexity index is 427. The Morgan fingerprint density at radius 2 is 2.15 bits per heavy atom. The third-order valence-electron chi connectivity index (χ3n) is 4.22. The fraction of sp³-hybridized carbons (Fsp3) is 0.786. The van der Waals surface area contributed by atoms with Crippen molar-refractivity contribution in [2.75, 3.05) is 58.3 Å². The Labute approximate surface area is 125 Å². The zero-order valence-electron chi connectivity index (χ0n) is 12.5. The number of likely N-dealkylation sites (tertiary alicyclic amines) is 1. The lowest BCUT2D eigenvalue weighted by molar-refractivity contribution is 0.170. The van der Waals surface area contributed by atoms with E-state index in [1.807, 2.05) is 17.5 Å². The molecule has 20 heavy (non-hydrogen) atoms. The van der Waals surface area contributed by atoms with E-state index in [-0.39, 0.29) is 0 Å². The normalized spacial score (nSPS) is 25.2. The summed E-state index contributed by atoms with van der Waals surface area (Å²) in [6.07, 6.45) is 3.36. The van der Waals surface area contributed by atoms with Crippen molar-refractivity contribution in [2.24, 2.45) is 0 Å². The quantitative estimate of drug-likeness (QED) is 0.884. The summed E-state index contributed by atoms with van der Waals surface area (Å²) in [6, 6.07) is 0.762. The van der Waals surface area contributed by atoms with Crippen molar-refractivity contribution in [3.63, 3.8) is 0 Å². The van der Waals surface area contributed by atoms with E-state index in [2.05, 4.69) is 39.1 Å². The molecular formula is C14H25N5S. The molecule has 2 saturated heterocycles. The number of anilines is 1. The topological polar surface area (TPSA) is 34.6 Å². The van der Waals surface area contributed by atoms with Gasteiger partial charge < -0.3 is 10.2 Å².